The Morgan fingerprint density at radius 1 is 1.25 bits per heavy atom. The zero-order chi connectivity index (χ0) is 15.7. The molecule has 7 heteroatoms. The Labute approximate surface area is 121 Å². The molecule has 3 nitrogen and oxygen atoms in total. The van der Waals surface area contributed by atoms with Gasteiger partial charge in [0.05, 0.1) is 17.2 Å². The molecule has 1 N–H and O–H groups in total. The van der Waals surface area contributed by atoms with Crippen molar-refractivity contribution in [2.24, 2.45) is 0 Å². The lowest BCUT2D eigenvalue weighted by atomic mass is 9.91. The predicted molar refractivity (Wildman–Crippen MR) is 75.3 cm³/mol. The Balaban J connectivity index is 3.19. The normalized spacial score (nSPS) is 13.1. The summed E-state index contributed by atoms with van der Waals surface area (Å²) in [5.41, 5.74) is 0.348. The lowest BCUT2D eigenvalue weighted by molar-refractivity contribution is -0.120. The third-order valence-corrected chi connectivity index (χ3v) is 3.84. The molecule has 0 spiro atoms. The summed E-state index contributed by atoms with van der Waals surface area (Å²) in [4.78, 5) is 6.19. The summed E-state index contributed by atoms with van der Waals surface area (Å²) in [5, 5.41) is 9.69. The first-order valence-corrected chi connectivity index (χ1v) is 7.21. The molecule has 0 unspecified atom stereocenters. The van der Waals surface area contributed by atoms with Crippen molar-refractivity contribution in [2.75, 3.05) is 11.4 Å². The van der Waals surface area contributed by atoms with Gasteiger partial charge in [0, 0.05) is 11.5 Å². The van der Waals surface area contributed by atoms with Crippen LogP contribution < -0.4 is 4.90 Å². The Morgan fingerprint density at radius 3 is 2.10 bits per heavy atom. The van der Waals surface area contributed by atoms with Gasteiger partial charge in [0.1, 0.15) is 6.54 Å². The summed E-state index contributed by atoms with van der Waals surface area (Å²) in [6.07, 6.45) is -4.28. The standard InChI is InChI=1S/C13H21F3N2OS/c1-8(2)18(7-13(14,15)16)11-17-10(12(3,4)5)9(6-19)20-11/h8,19H,6-7H2,1-5H3. The Kier molecular flexibility index (Phi) is 5.08. The van der Waals surface area contributed by atoms with Crippen molar-refractivity contribution in [3.8, 4) is 0 Å². The van der Waals surface area contributed by atoms with Crippen molar-refractivity contribution in [3.63, 3.8) is 0 Å². The molecule has 0 aliphatic heterocycles. The first kappa shape index (κ1) is 17.2. The molecule has 0 aliphatic carbocycles. The minimum Gasteiger partial charge on any atom is -0.391 e. The molecule has 0 amide bonds. The van der Waals surface area contributed by atoms with Crippen LogP contribution in [-0.2, 0) is 12.0 Å². The van der Waals surface area contributed by atoms with Crippen LogP contribution in [0.15, 0.2) is 0 Å². The van der Waals surface area contributed by atoms with Gasteiger partial charge >= 0.3 is 6.18 Å². The maximum atomic E-state index is 12.7. The second-order valence-corrected chi connectivity index (χ2v) is 7.08. The van der Waals surface area contributed by atoms with Crippen molar-refractivity contribution >= 4 is 16.5 Å². The van der Waals surface area contributed by atoms with Crippen molar-refractivity contribution in [3.05, 3.63) is 10.6 Å². The van der Waals surface area contributed by atoms with Gasteiger partial charge in [0.25, 0.3) is 0 Å². The molecule has 1 aromatic heterocycles. The van der Waals surface area contributed by atoms with Crippen molar-refractivity contribution in [1.82, 2.24) is 4.98 Å². The molecule has 0 atom stereocenters. The number of rotatable bonds is 4. The van der Waals surface area contributed by atoms with Crippen molar-refractivity contribution in [2.45, 2.75) is 58.9 Å². The monoisotopic (exact) mass is 310 g/mol. The van der Waals surface area contributed by atoms with Gasteiger partial charge in [0.15, 0.2) is 5.13 Å². The maximum absolute atomic E-state index is 12.7. The number of alkyl halides is 3. The summed E-state index contributed by atoms with van der Waals surface area (Å²) in [5.74, 6) is 0. The van der Waals surface area contributed by atoms with Crippen LogP contribution >= 0.6 is 11.3 Å². The van der Waals surface area contributed by atoms with Gasteiger partial charge < -0.3 is 10.0 Å². The van der Waals surface area contributed by atoms with E-state index in [0.717, 1.165) is 11.3 Å². The van der Waals surface area contributed by atoms with Crippen molar-refractivity contribution < 1.29 is 18.3 Å². The van der Waals surface area contributed by atoms with E-state index in [0.29, 0.717) is 15.7 Å². The minimum absolute atomic E-state index is 0.206. The molecule has 1 aromatic rings. The Morgan fingerprint density at radius 2 is 1.80 bits per heavy atom. The summed E-state index contributed by atoms with van der Waals surface area (Å²) < 4.78 is 38.0. The molecular weight excluding hydrogens is 289 g/mol. The molecule has 0 fully saturated rings. The molecule has 1 heterocycles. The third kappa shape index (κ3) is 4.34. The Bertz CT molecular complexity index is 449. The van der Waals surface area contributed by atoms with E-state index in [9.17, 15) is 18.3 Å². The fourth-order valence-electron chi connectivity index (χ4n) is 1.82. The fraction of sp³-hybridized carbons (Fsp3) is 0.769. The number of anilines is 1. The first-order chi connectivity index (χ1) is 8.95. The highest BCUT2D eigenvalue weighted by atomic mass is 32.1. The van der Waals surface area contributed by atoms with E-state index >= 15 is 0 Å². The van der Waals surface area contributed by atoms with Gasteiger partial charge in [0.2, 0.25) is 0 Å². The first-order valence-electron chi connectivity index (χ1n) is 6.40. The number of halogens is 3. The SMILES string of the molecule is CC(C)N(CC(F)(F)F)c1nc(C(C)(C)C)c(CO)s1. The predicted octanol–water partition coefficient (Wildman–Crippen LogP) is 3.71. The maximum Gasteiger partial charge on any atom is 0.406 e. The average molecular weight is 310 g/mol. The fourth-order valence-corrected chi connectivity index (χ4v) is 3.08. The quantitative estimate of drug-likeness (QED) is 0.921. The van der Waals surface area contributed by atoms with Crippen LogP contribution in [0.2, 0.25) is 0 Å². The molecule has 0 aliphatic rings. The van der Waals surface area contributed by atoms with Crippen LogP contribution in [0.1, 0.15) is 45.2 Å². The molecule has 1 rings (SSSR count). The van der Waals surface area contributed by atoms with E-state index in [1.165, 1.54) is 4.90 Å². The number of aromatic nitrogens is 1. The molecule has 20 heavy (non-hydrogen) atoms. The lowest BCUT2D eigenvalue weighted by Gasteiger charge is -2.27. The number of hydrogen-bond acceptors (Lipinski definition) is 4. The summed E-state index contributed by atoms with van der Waals surface area (Å²) >= 11 is 1.13. The van der Waals surface area contributed by atoms with Gasteiger partial charge in [-0.15, -0.1) is 0 Å². The number of aliphatic hydroxyl groups excluding tert-OH is 1. The smallest absolute Gasteiger partial charge is 0.391 e. The average Bonchev–Trinajstić information content (AvgIpc) is 2.67. The zero-order valence-corrected chi connectivity index (χ0v) is 13.2. The molecule has 116 valence electrons. The van der Waals surface area contributed by atoms with Crippen LogP contribution in [0, 0.1) is 0 Å². The molecular formula is C13H21F3N2OS. The summed E-state index contributed by atoms with van der Waals surface area (Å²) in [6, 6.07) is -0.317. The van der Waals surface area contributed by atoms with Crippen LogP contribution in [0.3, 0.4) is 0 Å². The number of hydrogen-bond donors (Lipinski definition) is 1. The third-order valence-electron chi connectivity index (χ3n) is 2.76. The van der Waals surface area contributed by atoms with Crippen LogP contribution in [0.25, 0.3) is 0 Å². The molecule has 0 saturated heterocycles. The highest BCUT2D eigenvalue weighted by Crippen LogP contribution is 2.35. The second-order valence-electron chi connectivity index (χ2n) is 6.01. The van der Waals surface area contributed by atoms with Gasteiger partial charge in [-0.2, -0.15) is 13.2 Å². The van der Waals surface area contributed by atoms with E-state index in [1.54, 1.807) is 13.8 Å². The number of thiazole rings is 1. The largest absolute Gasteiger partial charge is 0.406 e. The molecule has 0 aromatic carbocycles. The molecule has 0 saturated carbocycles. The molecule has 0 radical (unpaired) electrons. The van der Waals surface area contributed by atoms with Crippen LogP contribution in [0.4, 0.5) is 18.3 Å². The van der Waals surface area contributed by atoms with Gasteiger partial charge in [-0.1, -0.05) is 32.1 Å². The number of nitrogens with zero attached hydrogens (tertiary/aromatic N) is 2. The minimum atomic E-state index is -4.28. The van der Waals surface area contributed by atoms with Crippen LogP contribution in [0.5, 0.6) is 0 Å². The van der Waals surface area contributed by atoms with Crippen molar-refractivity contribution in [1.29, 1.82) is 0 Å². The van der Waals surface area contributed by atoms with E-state index in [4.69, 9.17) is 0 Å². The van der Waals surface area contributed by atoms with Gasteiger partial charge in [-0.05, 0) is 13.8 Å². The van der Waals surface area contributed by atoms with Gasteiger partial charge in [-0.25, -0.2) is 4.98 Å². The highest BCUT2D eigenvalue weighted by Gasteiger charge is 2.34. The van der Waals surface area contributed by atoms with E-state index in [-0.39, 0.29) is 18.1 Å². The Hall–Kier alpha value is -0.820. The number of aliphatic hydroxyl groups is 1. The molecule has 0 bridgehead atoms. The van der Waals surface area contributed by atoms with E-state index < -0.39 is 12.7 Å². The highest BCUT2D eigenvalue weighted by molar-refractivity contribution is 7.15. The lowest BCUT2D eigenvalue weighted by Crippen LogP contribution is -2.39. The topological polar surface area (TPSA) is 36.4 Å². The van der Waals surface area contributed by atoms with Crippen LogP contribution in [-0.4, -0.2) is 28.9 Å². The summed E-state index contributed by atoms with van der Waals surface area (Å²) in [7, 11) is 0. The second kappa shape index (κ2) is 5.89. The summed E-state index contributed by atoms with van der Waals surface area (Å²) in [6.45, 7) is 7.93. The van der Waals surface area contributed by atoms with E-state index in [1.807, 2.05) is 20.8 Å². The van der Waals surface area contributed by atoms with Gasteiger partial charge in [-0.3, -0.25) is 0 Å². The zero-order valence-electron chi connectivity index (χ0n) is 12.4. The van der Waals surface area contributed by atoms with E-state index in [2.05, 4.69) is 4.98 Å².